The third kappa shape index (κ3) is 4.75. The van der Waals surface area contributed by atoms with Crippen LogP contribution in [0, 0.1) is 5.41 Å². The number of hydrogen-bond donors (Lipinski definition) is 1. The van der Waals surface area contributed by atoms with Gasteiger partial charge in [0.1, 0.15) is 11.5 Å². The lowest BCUT2D eigenvalue weighted by Crippen LogP contribution is -2.41. The van der Waals surface area contributed by atoms with E-state index in [2.05, 4.69) is 15.2 Å². The molecule has 1 spiro atoms. The number of likely N-dealkylation sites (tertiary alicyclic amines) is 1. The maximum Gasteiger partial charge on any atom is 0.193 e. The summed E-state index contributed by atoms with van der Waals surface area (Å²) in [5.74, 6) is 2.80. The van der Waals surface area contributed by atoms with Crippen molar-refractivity contribution in [1.29, 1.82) is 0 Å². The lowest BCUT2D eigenvalue weighted by molar-refractivity contribution is 0.309. The Morgan fingerprint density at radius 2 is 1.96 bits per heavy atom. The van der Waals surface area contributed by atoms with Crippen molar-refractivity contribution >= 4 is 29.9 Å². The van der Waals surface area contributed by atoms with E-state index in [1.165, 1.54) is 32.1 Å². The van der Waals surface area contributed by atoms with Crippen LogP contribution in [0.3, 0.4) is 0 Å². The minimum atomic E-state index is 0. The van der Waals surface area contributed by atoms with Gasteiger partial charge in [-0.2, -0.15) is 0 Å². The normalized spacial score (nSPS) is 18.7. The fourth-order valence-electron chi connectivity index (χ4n) is 4.37. The number of aliphatic imine (C=N–C) groups is 1. The average Bonchev–Trinajstić information content (AvgIpc) is 3.28. The molecule has 0 unspecified atom stereocenters. The van der Waals surface area contributed by atoms with Crippen LogP contribution in [-0.2, 0) is 6.42 Å². The Morgan fingerprint density at radius 1 is 1.19 bits per heavy atom. The average molecular weight is 473 g/mol. The number of rotatable bonds is 5. The largest absolute Gasteiger partial charge is 0.497 e. The van der Waals surface area contributed by atoms with Crippen molar-refractivity contribution in [3.8, 4) is 11.5 Å². The minimum Gasteiger partial charge on any atom is -0.497 e. The molecule has 0 amide bonds. The van der Waals surface area contributed by atoms with Crippen LogP contribution in [0.1, 0.15) is 37.7 Å². The second-order valence-corrected chi connectivity index (χ2v) is 7.28. The van der Waals surface area contributed by atoms with Gasteiger partial charge in [-0.05, 0) is 54.9 Å². The molecule has 0 atom stereocenters. The topological polar surface area (TPSA) is 46.1 Å². The van der Waals surface area contributed by atoms with E-state index in [1.807, 2.05) is 25.2 Å². The minimum absolute atomic E-state index is 0. The molecule has 0 aromatic heterocycles. The Labute approximate surface area is 174 Å². The highest BCUT2D eigenvalue weighted by Gasteiger charge is 2.40. The van der Waals surface area contributed by atoms with E-state index < -0.39 is 0 Å². The van der Waals surface area contributed by atoms with Crippen molar-refractivity contribution in [2.75, 3.05) is 40.9 Å². The number of hydrogen-bond acceptors (Lipinski definition) is 3. The van der Waals surface area contributed by atoms with E-state index in [1.54, 1.807) is 14.2 Å². The quantitative estimate of drug-likeness (QED) is 0.403. The summed E-state index contributed by atoms with van der Waals surface area (Å²) < 4.78 is 10.8. The van der Waals surface area contributed by atoms with E-state index in [0.29, 0.717) is 5.41 Å². The van der Waals surface area contributed by atoms with E-state index >= 15 is 0 Å². The Hall–Kier alpha value is -1.18. The number of nitrogens with zero attached hydrogens (tertiary/aromatic N) is 2. The molecule has 26 heavy (non-hydrogen) atoms. The zero-order chi connectivity index (χ0) is 17.7. The van der Waals surface area contributed by atoms with Gasteiger partial charge in [-0.15, -0.1) is 24.0 Å². The first-order chi connectivity index (χ1) is 12.2. The molecule has 1 aromatic carbocycles. The summed E-state index contributed by atoms with van der Waals surface area (Å²) >= 11 is 0. The molecule has 6 heteroatoms. The van der Waals surface area contributed by atoms with Crippen molar-refractivity contribution in [3.05, 3.63) is 23.8 Å². The first kappa shape index (κ1) is 21.1. The molecule has 1 aromatic rings. The molecule has 1 saturated carbocycles. The van der Waals surface area contributed by atoms with Gasteiger partial charge in [0.2, 0.25) is 0 Å². The Balaban J connectivity index is 0.00000243. The van der Waals surface area contributed by atoms with Gasteiger partial charge < -0.3 is 19.7 Å². The van der Waals surface area contributed by atoms with Gasteiger partial charge >= 0.3 is 0 Å². The summed E-state index contributed by atoms with van der Waals surface area (Å²) in [4.78, 5) is 6.95. The summed E-state index contributed by atoms with van der Waals surface area (Å²) in [6.07, 6.45) is 7.77. The van der Waals surface area contributed by atoms with Gasteiger partial charge in [0, 0.05) is 26.7 Å². The molecule has 2 aliphatic rings. The van der Waals surface area contributed by atoms with Gasteiger partial charge in [-0.1, -0.05) is 12.8 Å². The van der Waals surface area contributed by atoms with Crippen molar-refractivity contribution in [1.82, 2.24) is 10.2 Å². The van der Waals surface area contributed by atoms with Crippen LogP contribution >= 0.6 is 24.0 Å². The van der Waals surface area contributed by atoms with Crippen molar-refractivity contribution in [2.24, 2.45) is 10.4 Å². The van der Waals surface area contributed by atoms with Crippen LogP contribution in [0.25, 0.3) is 0 Å². The number of ether oxygens (including phenoxy) is 2. The molecular formula is C20H32IN3O2. The summed E-state index contributed by atoms with van der Waals surface area (Å²) in [6, 6.07) is 5.94. The summed E-state index contributed by atoms with van der Waals surface area (Å²) in [7, 11) is 5.29. The molecule has 5 nitrogen and oxygen atoms in total. The third-order valence-electron chi connectivity index (χ3n) is 5.78. The number of benzene rings is 1. The molecule has 146 valence electrons. The SMILES string of the molecule is CN=C(NCCc1cc(OC)ccc1OC)N1CCC2(CCCC2)C1.I. The molecule has 0 bridgehead atoms. The second-order valence-electron chi connectivity index (χ2n) is 7.28. The number of halogens is 1. The smallest absolute Gasteiger partial charge is 0.193 e. The fourth-order valence-corrected chi connectivity index (χ4v) is 4.37. The molecule has 1 N–H and O–H groups in total. The maximum absolute atomic E-state index is 5.47. The second kappa shape index (κ2) is 9.67. The van der Waals surface area contributed by atoms with Gasteiger partial charge in [0.05, 0.1) is 14.2 Å². The summed E-state index contributed by atoms with van der Waals surface area (Å²) in [6.45, 7) is 3.12. The molecule has 0 radical (unpaired) electrons. The van der Waals surface area contributed by atoms with E-state index in [4.69, 9.17) is 9.47 Å². The monoisotopic (exact) mass is 473 g/mol. The first-order valence-electron chi connectivity index (χ1n) is 9.36. The molecule has 2 fully saturated rings. The van der Waals surface area contributed by atoms with E-state index in [-0.39, 0.29) is 24.0 Å². The highest BCUT2D eigenvalue weighted by molar-refractivity contribution is 14.0. The Bertz CT molecular complexity index is 615. The fraction of sp³-hybridized carbons (Fsp3) is 0.650. The van der Waals surface area contributed by atoms with Crippen molar-refractivity contribution in [2.45, 2.75) is 38.5 Å². The Morgan fingerprint density at radius 3 is 2.62 bits per heavy atom. The Kier molecular flexibility index (Phi) is 7.85. The van der Waals surface area contributed by atoms with Gasteiger partial charge in [0.25, 0.3) is 0 Å². The van der Waals surface area contributed by atoms with Crippen molar-refractivity contribution in [3.63, 3.8) is 0 Å². The lowest BCUT2D eigenvalue weighted by Gasteiger charge is -2.26. The van der Waals surface area contributed by atoms with Crippen LogP contribution in [0.4, 0.5) is 0 Å². The highest BCUT2D eigenvalue weighted by atomic mass is 127. The number of nitrogens with one attached hydrogen (secondary N) is 1. The van der Waals surface area contributed by atoms with Crippen LogP contribution in [0.5, 0.6) is 11.5 Å². The highest BCUT2D eigenvalue weighted by Crippen LogP contribution is 2.45. The van der Waals surface area contributed by atoms with Crippen LogP contribution in [0.2, 0.25) is 0 Å². The molecule has 3 rings (SSSR count). The predicted molar refractivity (Wildman–Crippen MR) is 117 cm³/mol. The zero-order valence-corrected chi connectivity index (χ0v) is 18.5. The van der Waals surface area contributed by atoms with Gasteiger partial charge in [-0.3, -0.25) is 4.99 Å². The zero-order valence-electron chi connectivity index (χ0n) is 16.2. The lowest BCUT2D eigenvalue weighted by atomic mass is 9.86. The summed E-state index contributed by atoms with van der Waals surface area (Å²) in [5.41, 5.74) is 1.71. The molecule has 1 heterocycles. The number of methoxy groups -OCH3 is 2. The van der Waals surface area contributed by atoms with Crippen LogP contribution in [0.15, 0.2) is 23.2 Å². The third-order valence-corrected chi connectivity index (χ3v) is 5.78. The van der Waals surface area contributed by atoms with Crippen LogP contribution < -0.4 is 14.8 Å². The van der Waals surface area contributed by atoms with Gasteiger partial charge in [0.15, 0.2) is 5.96 Å². The summed E-state index contributed by atoms with van der Waals surface area (Å²) in [5, 5.41) is 3.53. The molecular weight excluding hydrogens is 441 g/mol. The standard InChI is InChI=1S/C20H31N3O2.HI/c1-21-19(23-13-11-20(15-23)9-4-5-10-20)22-12-8-16-14-17(24-2)6-7-18(16)25-3;/h6-7,14H,4-5,8-13,15H2,1-3H3,(H,21,22);1H. The first-order valence-corrected chi connectivity index (χ1v) is 9.36. The van der Waals surface area contributed by atoms with E-state index in [0.717, 1.165) is 49.1 Å². The maximum atomic E-state index is 5.47. The predicted octanol–water partition coefficient (Wildman–Crippen LogP) is 3.71. The van der Waals surface area contributed by atoms with Gasteiger partial charge in [-0.25, -0.2) is 0 Å². The van der Waals surface area contributed by atoms with Crippen LogP contribution in [-0.4, -0.2) is 51.8 Å². The van der Waals surface area contributed by atoms with Crippen molar-refractivity contribution < 1.29 is 9.47 Å². The molecule has 1 aliphatic carbocycles. The molecule has 1 aliphatic heterocycles. The number of guanidine groups is 1. The van der Waals surface area contributed by atoms with E-state index in [9.17, 15) is 0 Å². The molecule has 1 saturated heterocycles.